The van der Waals surface area contributed by atoms with Crippen LogP contribution in [0.1, 0.15) is 13.3 Å². The smallest absolute Gasteiger partial charge is 0.328 e. The molecule has 0 aromatic carbocycles. The van der Waals surface area contributed by atoms with Crippen LogP contribution in [0.4, 0.5) is 0 Å². The topological polar surface area (TPSA) is 52.3 Å². The Morgan fingerprint density at radius 3 is 3.08 bits per heavy atom. The molecular weight excluding hydrogens is 206 g/mol. The van der Waals surface area contributed by atoms with Gasteiger partial charge in [0.15, 0.2) is 5.09 Å². The van der Waals surface area contributed by atoms with Crippen LogP contribution in [0.25, 0.3) is 0 Å². The molecule has 0 bridgehead atoms. The Bertz CT molecular complexity index is 218. The summed E-state index contributed by atoms with van der Waals surface area (Å²) < 4.78 is 5.08. The molecule has 2 N–H and O–H groups in total. The van der Waals surface area contributed by atoms with Gasteiger partial charge in [0.25, 0.3) is 0 Å². The van der Waals surface area contributed by atoms with E-state index in [2.05, 4.69) is 0 Å². The van der Waals surface area contributed by atoms with Crippen LogP contribution in [-0.2, 0) is 9.53 Å². The van der Waals surface area contributed by atoms with Gasteiger partial charge >= 0.3 is 5.97 Å². The van der Waals surface area contributed by atoms with E-state index in [1.807, 2.05) is 12.3 Å². The van der Waals surface area contributed by atoms with Crippen molar-refractivity contribution in [1.29, 1.82) is 0 Å². The van der Waals surface area contributed by atoms with Crippen LogP contribution in [-0.4, -0.2) is 23.5 Å². The summed E-state index contributed by atoms with van der Waals surface area (Å²) in [7, 11) is 0. The minimum atomic E-state index is -0.492. The molecule has 1 aliphatic rings. The zero-order valence-corrected chi connectivity index (χ0v) is 9.12. The van der Waals surface area contributed by atoms with Gasteiger partial charge in [-0.3, -0.25) is 0 Å². The van der Waals surface area contributed by atoms with Crippen molar-refractivity contribution >= 4 is 29.5 Å². The summed E-state index contributed by atoms with van der Waals surface area (Å²) in [5.41, 5.74) is 5.52. The van der Waals surface area contributed by atoms with Crippen LogP contribution >= 0.6 is 23.5 Å². The highest BCUT2D eigenvalue weighted by atomic mass is 32.2. The van der Waals surface area contributed by atoms with Crippen LogP contribution in [0, 0.1) is 0 Å². The van der Waals surface area contributed by atoms with Gasteiger partial charge in [-0.25, -0.2) is 4.79 Å². The number of rotatable bonds is 3. The third-order valence-electron chi connectivity index (χ3n) is 1.57. The lowest BCUT2D eigenvalue weighted by atomic mass is 10.2. The van der Waals surface area contributed by atoms with E-state index >= 15 is 0 Å². The molecule has 1 atom stereocenters. The van der Waals surface area contributed by atoms with Gasteiger partial charge in [-0.1, -0.05) is 18.7 Å². The fourth-order valence-electron chi connectivity index (χ4n) is 0.746. The zero-order valence-electron chi connectivity index (χ0n) is 7.49. The Kier molecular flexibility index (Phi) is 4.69. The first-order chi connectivity index (χ1) is 6.24. The number of hydrogen-bond acceptors (Lipinski definition) is 5. The summed E-state index contributed by atoms with van der Waals surface area (Å²) in [6.07, 6.45) is 0.615. The standard InChI is InChI=1S/C8H13NO2S2/c1-2-6(9)8(10)11-7-5-12-3-4-13-7/h5-6H,2-4,9H2,1H3. The predicted octanol–water partition coefficient (Wildman–Crippen LogP) is 1.55. The predicted molar refractivity (Wildman–Crippen MR) is 57.4 cm³/mol. The first kappa shape index (κ1) is 10.9. The molecule has 0 aliphatic carbocycles. The molecule has 13 heavy (non-hydrogen) atoms. The summed E-state index contributed by atoms with van der Waals surface area (Å²) >= 11 is 3.22. The molecule has 1 unspecified atom stereocenters. The number of nitrogens with two attached hydrogens (primary N) is 1. The first-order valence-electron chi connectivity index (χ1n) is 4.16. The maximum absolute atomic E-state index is 11.2. The van der Waals surface area contributed by atoms with E-state index < -0.39 is 6.04 Å². The number of hydrogen-bond donors (Lipinski definition) is 1. The largest absolute Gasteiger partial charge is 0.418 e. The number of ether oxygens (including phenoxy) is 1. The average molecular weight is 219 g/mol. The third-order valence-corrected chi connectivity index (χ3v) is 3.69. The number of thioether (sulfide) groups is 2. The van der Waals surface area contributed by atoms with Crippen molar-refractivity contribution in [2.75, 3.05) is 11.5 Å². The van der Waals surface area contributed by atoms with Crippen LogP contribution in [0.2, 0.25) is 0 Å². The molecule has 74 valence electrons. The maximum Gasteiger partial charge on any atom is 0.328 e. The quantitative estimate of drug-likeness (QED) is 0.730. The average Bonchev–Trinajstić information content (AvgIpc) is 2.18. The van der Waals surface area contributed by atoms with Gasteiger partial charge in [0.1, 0.15) is 6.04 Å². The van der Waals surface area contributed by atoms with Crippen molar-refractivity contribution < 1.29 is 9.53 Å². The van der Waals surface area contributed by atoms with Gasteiger partial charge in [-0.05, 0) is 6.42 Å². The minimum Gasteiger partial charge on any atom is -0.418 e. The molecule has 1 rings (SSSR count). The van der Waals surface area contributed by atoms with Crippen LogP contribution in [0.5, 0.6) is 0 Å². The Hall–Kier alpha value is -0.130. The van der Waals surface area contributed by atoms with Gasteiger partial charge < -0.3 is 10.5 Å². The maximum atomic E-state index is 11.2. The molecule has 0 radical (unpaired) electrons. The van der Waals surface area contributed by atoms with E-state index in [1.54, 1.807) is 23.5 Å². The van der Waals surface area contributed by atoms with Crippen molar-refractivity contribution in [2.45, 2.75) is 19.4 Å². The summed E-state index contributed by atoms with van der Waals surface area (Å²) in [5, 5.41) is 2.55. The van der Waals surface area contributed by atoms with Crippen LogP contribution < -0.4 is 5.73 Å². The molecule has 0 spiro atoms. The van der Waals surface area contributed by atoms with Crippen molar-refractivity contribution in [3.63, 3.8) is 0 Å². The molecule has 1 heterocycles. The fourth-order valence-corrected chi connectivity index (χ4v) is 2.59. The molecule has 5 heteroatoms. The molecule has 0 saturated heterocycles. The van der Waals surface area contributed by atoms with E-state index in [9.17, 15) is 4.79 Å². The molecule has 1 aliphatic heterocycles. The molecule has 3 nitrogen and oxygen atoms in total. The Balaban J connectivity index is 2.39. The molecule has 0 saturated carbocycles. The highest BCUT2D eigenvalue weighted by molar-refractivity contribution is 8.09. The van der Waals surface area contributed by atoms with Crippen LogP contribution in [0.15, 0.2) is 10.5 Å². The first-order valence-corrected chi connectivity index (χ1v) is 6.19. The second-order valence-electron chi connectivity index (χ2n) is 2.59. The Labute approximate surface area is 86.5 Å². The SMILES string of the molecule is CCC(N)C(=O)OC1=CSCCS1. The monoisotopic (exact) mass is 219 g/mol. The molecular formula is C8H13NO2S2. The van der Waals surface area contributed by atoms with Crippen LogP contribution in [0.3, 0.4) is 0 Å². The van der Waals surface area contributed by atoms with Crippen molar-refractivity contribution in [1.82, 2.24) is 0 Å². The molecule has 0 aromatic rings. The van der Waals surface area contributed by atoms with Gasteiger partial charge in [0, 0.05) is 16.9 Å². The van der Waals surface area contributed by atoms with E-state index in [1.165, 1.54) is 0 Å². The fraction of sp³-hybridized carbons (Fsp3) is 0.625. The Morgan fingerprint density at radius 2 is 2.54 bits per heavy atom. The number of esters is 1. The van der Waals surface area contributed by atoms with Gasteiger partial charge in [0.05, 0.1) is 0 Å². The third kappa shape index (κ3) is 3.62. The van der Waals surface area contributed by atoms with Gasteiger partial charge in [0.2, 0.25) is 0 Å². The van der Waals surface area contributed by atoms with E-state index in [0.717, 1.165) is 11.5 Å². The van der Waals surface area contributed by atoms with E-state index in [0.29, 0.717) is 11.5 Å². The normalized spacial score (nSPS) is 19.1. The summed E-state index contributed by atoms with van der Waals surface area (Å²) in [6.45, 7) is 1.86. The second kappa shape index (κ2) is 5.57. The summed E-state index contributed by atoms with van der Waals surface area (Å²) in [6, 6.07) is -0.492. The lowest BCUT2D eigenvalue weighted by Gasteiger charge is -2.13. The van der Waals surface area contributed by atoms with Gasteiger partial charge in [-0.2, -0.15) is 0 Å². The summed E-state index contributed by atoms with van der Waals surface area (Å²) in [4.78, 5) is 11.2. The molecule has 0 fully saturated rings. The van der Waals surface area contributed by atoms with E-state index in [4.69, 9.17) is 10.5 Å². The number of carbonyl (C=O) groups is 1. The van der Waals surface area contributed by atoms with Crippen molar-refractivity contribution in [3.8, 4) is 0 Å². The van der Waals surface area contributed by atoms with Crippen molar-refractivity contribution in [2.24, 2.45) is 5.73 Å². The summed E-state index contributed by atoms with van der Waals surface area (Å²) in [5.74, 6) is 1.74. The molecule has 0 amide bonds. The molecule has 0 aromatic heterocycles. The van der Waals surface area contributed by atoms with E-state index in [-0.39, 0.29) is 5.97 Å². The highest BCUT2D eigenvalue weighted by Crippen LogP contribution is 2.27. The lowest BCUT2D eigenvalue weighted by Crippen LogP contribution is -2.31. The Morgan fingerprint density at radius 1 is 1.77 bits per heavy atom. The minimum absolute atomic E-state index is 0.330. The van der Waals surface area contributed by atoms with Gasteiger partial charge in [-0.15, -0.1) is 11.8 Å². The lowest BCUT2D eigenvalue weighted by molar-refractivity contribution is -0.140. The van der Waals surface area contributed by atoms with Crippen molar-refractivity contribution in [3.05, 3.63) is 10.5 Å². The zero-order chi connectivity index (χ0) is 9.68. The highest BCUT2D eigenvalue weighted by Gasteiger charge is 2.16. The number of carbonyl (C=O) groups excluding carboxylic acids is 1. The second-order valence-corrected chi connectivity index (χ2v) is 4.67.